The van der Waals surface area contributed by atoms with Crippen LogP contribution in [0, 0.1) is 17.0 Å². The third kappa shape index (κ3) is 2.90. The molecule has 0 radical (unpaired) electrons. The molecule has 1 rings (SSSR count). The van der Waals surface area contributed by atoms with Gasteiger partial charge in [0.25, 0.3) is 5.69 Å². The van der Waals surface area contributed by atoms with Crippen molar-refractivity contribution in [1.82, 2.24) is 4.98 Å². The van der Waals surface area contributed by atoms with Crippen molar-refractivity contribution in [2.45, 2.75) is 20.0 Å². The summed E-state index contributed by atoms with van der Waals surface area (Å²) in [5, 5.41) is 19.8. The van der Waals surface area contributed by atoms with Crippen LogP contribution in [0.1, 0.15) is 12.6 Å². The lowest BCUT2D eigenvalue weighted by Crippen LogP contribution is -2.27. The predicted molar refractivity (Wildman–Crippen MR) is 60.6 cm³/mol. The molecule has 0 saturated heterocycles. The van der Waals surface area contributed by atoms with Gasteiger partial charge in [-0.1, -0.05) is 0 Å². The van der Waals surface area contributed by atoms with E-state index in [1.807, 2.05) is 0 Å². The number of hydrogen-bond donors (Lipinski definition) is 1. The van der Waals surface area contributed by atoms with Crippen LogP contribution in [-0.4, -0.2) is 34.7 Å². The first-order valence-electron chi connectivity index (χ1n) is 4.93. The van der Waals surface area contributed by atoms with Gasteiger partial charge in [0, 0.05) is 19.7 Å². The number of nitrogens with zero attached hydrogens (tertiary/aromatic N) is 3. The van der Waals surface area contributed by atoms with Gasteiger partial charge in [-0.3, -0.25) is 10.1 Å². The zero-order valence-corrected chi connectivity index (χ0v) is 9.54. The van der Waals surface area contributed by atoms with Crippen LogP contribution < -0.4 is 4.90 Å². The number of pyridine rings is 1. The number of aliphatic hydroxyl groups is 1. The SMILES string of the molecule is Cc1nc(N(C)CC(C)O)ccc1[N+](=O)[O-]. The molecule has 1 aromatic heterocycles. The third-order valence-electron chi connectivity index (χ3n) is 2.17. The van der Waals surface area contributed by atoms with E-state index in [2.05, 4.69) is 4.98 Å². The summed E-state index contributed by atoms with van der Waals surface area (Å²) in [6, 6.07) is 3.00. The van der Waals surface area contributed by atoms with Crippen LogP contribution in [0.3, 0.4) is 0 Å². The largest absolute Gasteiger partial charge is 0.392 e. The van der Waals surface area contributed by atoms with Crippen LogP contribution in [0.15, 0.2) is 12.1 Å². The molecule has 88 valence electrons. The molecular weight excluding hydrogens is 210 g/mol. The molecule has 0 fully saturated rings. The molecule has 1 heterocycles. The van der Waals surface area contributed by atoms with Gasteiger partial charge in [-0.15, -0.1) is 0 Å². The highest BCUT2D eigenvalue weighted by atomic mass is 16.6. The Morgan fingerprint density at radius 3 is 2.69 bits per heavy atom. The lowest BCUT2D eigenvalue weighted by atomic mass is 10.3. The zero-order chi connectivity index (χ0) is 12.3. The maximum absolute atomic E-state index is 10.6. The van der Waals surface area contributed by atoms with Crippen molar-refractivity contribution in [3.05, 3.63) is 27.9 Å². The highest BCUT2D eigenvalue weighted by Gasteiger charge is 2.13. The molecule has 0 saturated carbocycles. The van der Waals surface area contributed by atoms with Crippen molar-refractivity contribution in [1.29, 1.82) is 0 Å². The van der Waals surface area contributed by atoms with Crippen molar-refractivity contribution in [3.63, 3.8) is 0 Å². The minimum atomic E-state index is -0.470. The summed E-state index contributed by atoms with van der Waals surface area (Å²) in [7, 11) is 1.78. The van der Waals surface area contributed by atoms with E-state index in [0.717, 1.165) is 0 Å². The number of aryl methyl sites for hydroxylation is 1. The summed E-state index contributed by atoms with van der Waals surface area (Å²) < 4.78 is 0. The molecular formula is C10H15N3O3. The van der Waals surface area contributed by atoms with Crippen LogP contribution in [-0.2, 0) is 0 Å². The summed E-state index contributed by atoms with van der Waals surface area (Å²) in [5.74, 6) is 0.615. The molecule has 0 aliphatic heterocycles. The molecule has 1 atom stereocenters. The molecule has 6 heteroatoms. The van der Waals surface area contributed by atoms with E-state index >= 15 is 0 Å². The van der Waals surface area contributed by atoms with Crippen molar-refractivity contribution < 1.29 is 10.0 Å². The van der Waals surface area contributed by atoms with E-state index in [9.17, 15) is 15.2 Å². The minimum absolute atomic E-state index is 0.00852. The lowest BCUT2D eigenvalue weighted by molar-refractivity contribution is -0.385. The number of aliphatic hydroxyl groups excluding tert-OH is 1. The van der Waals surface area contributed by atoms with Crippen LogP contribution >= 0.6 is 0 Å². The number of aromatic nitrogens is 1. The minimum Gasteiger partial charge on any atom is -0.392 e. The van der Waals surface area contributed by atoms with Gasteiger partial charge in [0.05, 0.1) is 11.0 Å². The van der Waals surface area contributed by atoms with Gasteiger partial charge in [-0.25, -0.2) is 4.98 Å². The standard InChI is InChI=1S/C10H15N3O3/c1-7(14)6-12(3)10-5-4-9(13(15)16)8(2)11-10/h4-5,7,14H,6H2,1-3H3. The molecule has 0 aliphatic rings. The highest BCUT2D eigenvalue weighted by molar-refractivity contribution is 5.46. The fourth-order valence-corrected chi connectivity index (χ4v) is 1.44. The molecule has 6 nitrogen and oxygen atoms in total. The quantitative estimate of drug-likeness (QED) is 0.613. The van der Waals surface area contributed by atoms with Gasteiger partial charge >= 0.3 is 0 Å². The Morgan fingerprint density at radius 1 is 1.62 bits per heavy atom. The van der Waals surface area contributed by atoms with Gasteiger partial charge in [-0.05, 0) is 19.9 Å². The average Bonchev–Trinajstić information content (AvgIpc) is 2.15. The second kappa shape index (κ2) is 4.89. The van der Waals surface area contributed by atoms with E-state index < -0.39 is 11.0 Å². The number of anilines is 1. The van der Waals surface area contributed by atoms with E-state index in [1.54, 1.807) is 31.9 Å². The van der Waals surface area contributed by atoms with Crippen LogP contribution in [0.2, 0.25) is 0 Å². The lowest BCUT2D eigenvalue weighted by Gasteiger charge is -2.19. The number of nitro groups is 1. The summed E-state index contributed by atoms with van der Waals surface area (Å²) in [6.45, 7) is 3.71. The number of rotatable bonds is 4. The van der Waals surface area contributed by atoms with Crippen LogP contribution in [0.25, 0.3) is 0 Å². The Morgan fingerprint density at radius 2 is 2.25 bits per heavy atom. The average molecular weight is 225 g/mol. The maximum Gasteiger partial charge on any atom is 0.290 e. The van der Waals surface area contributed by atoms with Gasteiger partial charge in [0.2, 0.25) is 0 Å². The fraction of sp³-hybridized carbons (Fsp3) is 0.500. The first kappa shape index (κ1) is 12.4. The Balaban J connectivity index is 2.92. The van der Waals surface area contributed by atoms with Gasteiger partial charge < -0.3 is 10.0 Å². The fourth-order valence-electron chi connectivity index (χ4n) is 1.44. The van der Waals surface area contributed by atoms with Crippen molar-refractivity contribution in [2.24, 2.45) is 0 Å². The topological polar surface area (TPSA) is 79.5 Å². The molecule has 1 unspecified atom stereocenters. The summed E-state index contributed by atoms with van der Waals surface area (Å²) >= 11 is 0. The van der Waals surface area contributed by atoms with Crippen molar-refractivity contribution >= 4 is 11.5 Å². The van der Waals surface area contributed by atoms with Gasteiger partial charge in [-0.2, -0.15) is 0 Å². The van der Waals surface area contributed by atoms with Gasteiger partial charge in [0.1, 0.15) is 11.5 Å². The second-order valence-corrected chi connectivity index (χ2v) is 3.76. The predicted octanol–water partition coefficient (Wildman–Crippen LogP) is 1.12. The van der Waals surface area contributed by atoms with E-state index in [4.69, 9.17) is 0 Å². The smallest absolute Gasteiger partial charge is 0.290 e. The number of likely N-dealkylation sites (N-methyl/N-ethyl adjacent to an activating group) is 1. The van der Waals surface area contributed by atoms with E-state index in [-0.39, 0.29) is 5.69 Å². The molecule has 0 aliphatic carbocycles. The van der Waals surface area contributed by atoms with Crippen LogP contribution in [0.5, 0.6) is 0 Å². The number of hydrogen-bond acceptors (Lipinski definition) is 5. The Labute approximate surface area is 93.7 Å². The molecule has 0 aromatic carbocycles. The Kier molecular flexibility index (Phi) is 3.78. The van der Waals surface area contributed by atoms with Crippen LogP contribution in [0.4, 0.5) is 11.5 Å². The molecule has 1 N–H and O–H groups in total. The molecule has 0 bridgehead atoms. The second-order valence-electron chi connectivity index (χ2n) is 3.76. The first-order chi connectivity index (χ1) is 7.41. The normalized spacial score (nSPS) is 12.2. The third-order valence-corrected chi connectivity index (χ3v) is 2.17. The van der Waals surface area contributed by atoms with Crippen molar-refractivity contribution in [2.75, 3.05) is 18.5 Å². The van der Waals surface area contributed by atoms with E-state index in [1.165, 1.54) is 6.07 Å². The monoisotopic (exact) mass is 225 g/mol. The summed E-state index contributed by atoms with van der Waals surface area (Å²) in [5.41, 5.74) is 0.383. The highest BCUT2D eigenvalue weighted by Crippen LogP contribution is 2.19. The Hall–Kier alpha value is -1.69. The zero-order valence-electron chi connectivity index (χ0n) is 9.54. The maximum atomic E-state index is 10.6. The van der Waals surface area contributed by atoms with Gasteiger partial charge in [0.15, 0.2) is 0 Å². The van der Waals surface area contributed by atoms with E-state index in [0.29, 0.717) is 18.1 Å². The summed E-state index contributed by atoms with van der Waals surface area (Å²) in [4.78, 5) is 16.0. The molecule has 0 spiro atoms. The molecule has 16 heavy (non-hydrogen) atoms. The first-order valence-corrected chi connectivity index (χ1v) is 4.93. The van der Waals surface area contributed by atoms with Crippen molar-refractivity contribution in [3.8, 4) is 0 Å². The Bertz CT molecular complexity index is 393. The molecule has 0 amide bonds. The summed E-state index contributed by atoms with van der Waals surface area (Å²) in [6.07, 6.45) is -0.470. The molecule has 1 aromatic rings.